The summed E-state index contributed by atoms with van der Waals surface area (Å²) in [7, 11) is 0. The monoisotopic (exact) mass is 291 g/mol. The summed E-state index contributed by atoms with van der Waals surface area (Å²) in [6.45, 7) is 3.34. The molecule has 114 valence electrons. The third-order valence-corrected chi connectivity index (χ3v) is 3.55. The van der Waals surface area contributed by atoms with Crippen LogP contribution in [0.4, 0.5) is 10.5 Å². The van der Waals surface area contributed by atoms with Crippen molar-refractivity contribution in [2.24, 2.45) is 0 Å². The Hall–Kier alpha value is -2.08. The summed E-state index contributed by atoms with van der Waals surface area (Å²) in [6.07, 6.45) is 1.72. The van der Waals surface area contributed by atoms with Gasteiger partial charge >= 0.3 is 12.0 Å². The maximum atomic E-state index is 12.4. The maximum Gasteiger partial charge on any atom is 0.323 e. The first-order valence-corrected chi connectivity index (χ1v) is 7.13. The maximum absolute atomic E-state index is 12.4. The molecule has 1 fully saturated rings. The molecule has 1 aromatic carbocycles. The number of nitrogens with one attached hydrogen (secondary N) is 2. The van der Waals surface area contributed by atoms with Crippen LogP contribution in [-0.2, 0) is 4.79 Å². The topological polar surface area (TPSA) is 81.7 Å². The van der Waals surface area contributed by atoms with E-state index in [2.05, 4.69) is 10.6 Å². The number of hydrogen-bond donors (Lipinski definition) is 3. The van der Waals surface area contributed by atoms with Crippen LogP contribution < -0.4 is 15.5 Å². The van der Waals surface area contributed by atoms with Crippen LogP contribution in [0.15, 0.2) is 24.3 Å². The van der Waals surface area contributed by atoms with Crippen LogP contribution in [0.5, 0.6) is 0 Å². The number of benzene rings is 1. The predicted octanol–water partition coefficient (Wildman–Crippen LogP) is 1.35. The van der Waals surface area contributed by atoms with Crippen molar-refractivity contribution in [3.63, 3.8) is 0 Å². The molecule has 6 nitrogen and oxygen atoms in total. The van der Waals surface area contributed by atoms with Crippen LogP contribution in [0.25, 0.3) is 0 Å². The lowest BCUT2D eigenvalue weighted by Crippen LogP contribution is -2.49. The second-order valence-corrected chi connectivity index (χ2v) is 5.29. The van der Waals surface area contributed by atoms with Crippen molar-refractivity contribution in [3.8, 4) is 0 Å². The molecule has 0 aromatic heterocycles. The van der Waals surface area contributed by atoms with Crippen molar-refractivity contribution in [1.29, 1.82) is 0 Å². The van der Waals surface area contributed by atoms with Gasteiger partial charge in [0.25, 0.3) is 0 Å². The Bertz CT molecular complexity index is 495. The Balaban J connectivity index is 2.08. The average molecular weight is 291 g/mol. The Morgan fingerprint density at radius 3 is 2.48 bits per heavy atom. The van der Waals surface area contributed by atoms with Crippen LogP contribution in [0, 0.1) is 6.92 Å². The van der Waals surface area contributed by atoms with Gasteiger partial charge in [-0.3, -0.25) is 9.69 Å². The minimum Gasteiger partial charge on any atom is -0.480 e. The van der Waals surface area contributed by atoms with Crippen LogP contribution >= 0.6 is 0 Å². The zero-order chi connectivity index (χ0) is 15.2. The van der Waals surface area contributed by atoms with Gasteiger partial charge in [-0.2, -0.15) is 0 Å². The van der Waals surface area contributed by atoms with Gasteiger partial charge in [-0.15, -0.1) is 0 Å². The molecule has 0 atom stereocenters. The third kappa shape index (κ3) is 4.46. The second-order valence-electron chi connectivity index (χ2n) is 5.29. The predicted molar refractivity (Wildman–Crippen MR) is 80.6 cm³/mol. The molecular formula is C15H21N3O3. The number of hydrogen-bond acceptors (Lipinski definition) is 3. The smallest absolute Gasteiger partial charge is 0.323 e. The molecule has 1 saturated heterocycles. The van der Waals surface area contributed by atoms with Crippen LogP contribution in [0.2, 0.25) is 0 Å². The van der Waals surface area contributed by atoms with E-state index < -0.39 is 5.97 Å². The van der Waals surface area contributed by atoms with Crippen molar-refractivity contribution >= 4 is 17.7 Å². The lowest BCUT2D eigenvalue weighted by Gasteiger charge is -2.28. The molecule has 0 unspecified atom stereocenters. The molecule has 0 aliphatic carbocycles. The molecule has 1 aliphatic rings. The molecule has 2 rings (SSSR count). The van der Waals surface area contributed by atoms with E-state index in [1.165, 1.54) is 4.90 Å². The molecule has 6 heteroatoms. The molecule has 0 saturated carbocycles. The number of carboxylic acids is 1. The summed E-state index contributed by atoms with van der Waals surface area (Å²) in [6, 6.07) is 7.00. The summed E-state index contributed by atoms with van der Waals surface area (Å²) >= 11 is 0. The number of piperidine rings is 1. The van der Waals surface area contributed by atoms with Crippen LogP contribution in [-0.4, -0.2) is 42.8 Å². The summed E-state index contributed by atoms with van der Waals surface area (Å²) in [5.41, 5.74) is 1.65. The molecule has 1 aliphatic heterocycles. The fraction of sp³-hybridized carbons (Fsp3) is 0.467. The number of carboxylic acid groups (broad SMARTS) is 1. The summed E-state index contributed by atoms with van der Waals surface area (Å²) in [5, 5.41) is 15.2. The van der Waals surface area contributed by atoms with Gasteiger partial charge in [0.05, 0.1) is 0 Å². The van der Waals surface area contributed by atoms with E-state index >= 15 is 0 Å². The fourth-order valence-electron chi connectivity index (χ4n) is 2.36. The van der Waals surface area contributed by atoms with E-state index in [1.54, 1.807) is 12.1 Å². The van der Waals surface area contributed by atoms with Gasteiger partial charge in [-0.05, 0) is 45.0 Å². The van der Waals surface area contributed by atoms with E-state index in [-0.39, 0.29) is 18.6 Å². The standard InChI is InChI=1S/C15H21N3O3/c1-11-2-4-13(5-3-11)18(10-14(19)20)15(21)17-12-6-8-16-9-7-12/h2-5,12,16H,6-10H2,1H3,(H,17,21)(H,19,20). The Kier molecular flexibility index (Phi) is 5.16. The van der Waals surface area contributed by atoms with Crippen molar-refractivity contribution in [1.82, 2.24) is 10.6 Å². The van der Waals surface area contributed by atoms with Crippen LogP contribution in [0.1, 0.15) is 18.4 Å². The second kappa shape index (κ2) is 7.08. The number of aliphatic carboxylic acids is 1. The molecular weight excluding hydrogens is 270 g/mol. The largest absolute Gasteiger partial charge is 0.480 e. The van der Waals surface area contributed by atoms with Gasteiger partial charge < -0.3 is 15.7 Å². The molecule has 1 heterocycles. The summed E-state index contributed by atoms with van der Waals surface area (Å²) < 4.78 is 0. The van der Waals surface area contributed by atoms with E-state index in [0.717, 1.165) is 31.5 Å². The fourth-order valence-corrected chi connectivity index (χ4v) is 2.36. The van der Waals surface area contributed by atoms with E-state index in [9.17, 15) is 9.59 Å². The summed E-state index contributed by atoms with van der Waals surface area (Å²) in [5.74, 6) is -1.03. The van der Waals surface area contributed by atoms with Gasteiger partial charge in [-0.1, -0.05) is 17.7 Å². The van der Waals surface area contributed by atoms with E-state index in [4.69, 9.17) is 5.11 Å². The third-order valence-electron chi connectivity index (χ3n) is 3.55. The van der Waals surface area contributed by atoms with Gasteiger partial charge in [0.2, 0.25) is 0 Å². The highest BCUT2D eigenvalue weighted by atomic mass is 16.4. The number of carbonyl (C=O) groups excluding carboxylic acids is 1. The zero-order valence-electron chi connectivity index (χ0n) is 12.1. The van der Waals surface area contributed by atoms with Crippen molar-refractivity contribution < 1.29 is 14.7 Å². The van der Waals surface area contributed by atoms with Crippen molar-refractivity contribution in [2.45, 2.75) is 25.8 Å². The number of amides is 2. The molecule has 0 bridgehead atoms. The Morgan fingerprint density at radius 1 is 1.29 bits per heavy atom. The summed E-state index contributed by atoms with van der Waals surface area (Å²) in [4.78, 5) is 24.6. The highest BCUT2D eigenvalue weighted by molar-refractivity contribution is 5.96. The quantitative estimate of drug-likeness (QED) is 0.782. The lowest BCUT2D eigenvalue weighted by atomic mass is 10.1. The molecule has 0 spiro atoms. The zero-order valence-corrected chi connectivity index (χ0v) is 12.1. The van der Waals surface area contributed by atoms with E-state index in [1.807, 2.05) is 19.1 Å². The number of nitrogens with zero attached hydrogens (tertiary/aromatic N) is 1. The first-order chi connectivity index (χ1) is 10.1. The average Bonchev–Trinajstić information content (AvgIpc) is 2.46. The Morgan fingerprint density at radius 2 is 1.90 bits per heavy atom. The highest BCUT2D eigenvalue weighted by Gasteiger charge is 2.22. The first-order valence-electron chi connectivity index (χ1n) is 7.13. The SMILES string of the molecule is Cc1ccc(N(CC(=O)O)C(=O)NC2CCNCC2)cc1. The number of urea groups is 1. The number of anilines is 1. The molecule has 0 radical (unpaired) electrons. The highest BCUT2D eigenvalue weighted by Crippen LogP contribution is 2.16. The number of carbonyl (C=O) groups is 2. The van der Waals surface area contributed by atoms with Gasteiger partial charge in [-0.25, -0.2) is 4.79 Å². The minimum absolute atomic E-state index is 0.0977. The normalized spacial score (nSPS) is 15.5. The van der Waals surface area contributed by atoms with Crippen LogP contribution in [0.3, 0.4) is 0 Å². The molecule has 2 amide bonds. The Labute approximate surface area is 124 Å². The molecule has 21 heavy (non-hydrogen) atoms. The number of aryl methyl sites for hydroxylation is 1. The first kappa shape index (κ1) is 15.3. The van der Waals surface area contributed by atoms with Crippen molar-refractivity contribution in [2.75, 3.05) is 24.5 Å². The minimum atomic E-state index is -1.03. The molecule has 3 N–H and O–H groups in total. The van der Waals surface area contributed by atoms with Gasteiger partial charge in [0.1, 0.15) is 6.54 Å². The lowest BCUT2D eigenvalue weighted by molar-refractivity contribution is -0.135. The van der Waals surface area contributed by atoms with Gasteiger partial charge in [0.15, 0.2) is 0 Å². The van der Waals surface area contributed by atoms with Gasteiger partial charge in [0, 0.05) is 11.7 Å². The van der Waals surface area contributed by atoms with Crippen molar-refractivity contribution in [3.05, 3.63) is 29.8 Å². The molecule has 1 aromatic rings. The number of rotatable bonds is 4. The van der Waals surface area contributed by atoms with E-state index in [0.29, 0.717) is 5.69 Å².